The Morgan fingerprint density at radius 2 is 1.71 bits per heavy atom. The highest BCUT2D eigenvalue weighted by Gasteiger charge is 2.31. The molecular weight excluding hydrogens is 279 g/mol. The number of alkyl halides is 3. The summed E-state index contributed by atoms with van der Waals surface area (Å²) in [6.07, 6.45) is -4.46. The molecule has 0 saturated heterocycles. The monoisotopic (exact) mass is 293 g/mol. The fourth-order valence-electron chi connectivity index (χ4n) is 2.04. The summed E-state index contributed by atoms with van der Waals surface area (Å²) in [4.78, 5) is 13.9. The van der Waals surface area contributed by atoms with Gasteiger partial charge in [-0.15, -0.1) is 0 Å². The third kappa shape index (κ3) is 3.42. The minimum Gasteiger partial charge on any atom is -0.309 e. The van der Waals surface area contributed by atoms with Gasteiger partial charge in [-0.05, 0) is 37.3 Å². The first-order valence-corrected chi connectivity index (χ1v) is 6.47. The number of halogens is 3. The Kier molecular flexibility index (Phi) is 4.31. The molecule has 0 aliphatic carbocycles. The maximum atomic E-state index is 12.7. The first kappa shape index (κ1) is 15.1. The molecule has 110 valence electrons. The van der Waals surface area contributed by atoms with Crippen molar-refractivity contribution in [3.8, 4) is 0 Å². The van der Waals surface area contributed by atoms with Gasteiger partial charge in [-0.25, -0.2) is 0 Å². The predicted molar refractivity (Wildman–Crippen MR) is 75.2 cm³/mol. The summed E-state index contributed by atoms with van der Waals surface area (Å²) in [5.74, 6) is -0.449. The van der Waals surface area contributed by atoms with Crippen molar-refractivity contribution in [2.24, 2.45) is 0 Å². The van der Waals surface area contributed by atoms with E-state index in [1.807, 2.05) is 6.07 Å². The molecule has 0 N–H and O–H groups in total. The SMILES string of the molecule is CCN(C(=O)c1cccc(C(F)(F)F)c1)c1ccccc1. The topological polar surface area (TPSA) is 20.3 Å². The number of rotatable bonds is 3. The maximum absolute atomic E-state index is 12.7. The Morgan fingerprint density at radius 1 is 1.05 bits per heavy atom. The highest BCUT2D eigenvalue weighted by Crippen LogP contribution is 2.30. The van der Waals surface area contributed by atoms with E-state index >= 15 is 0 Å². The van der Waals surface area contributed by atoms with Gasteiger partial charge in [-0.1, -0.05) is 24.3 Å². The lowest BCUT2D eigenvalue weighted by atomic mass is 10.1. The van der Waals surface area contributed by atoms with Crippen LogP contribution in [0.3, 0.4) is 0 Å². The molecule has 5 heteroatoms. The normalized spacial score (nSPS) is 11.2. The summed E-state index contributed by atoms with van der Waals surface area (Å²) in [7, 11) is 0. The van der Waals surface area contributed by atoms with Crippen LogP contribution in [0, 0.1) is 0 Å². The van der Waals surface area contributed by atoms with Crippen LogP contribution in [0.25, 0.3) is 0 Å². The van der Waals surface area contributed by atoms with E-state index in [2.05, 4.69) is 0 Å². The lowest BCUT2D eigenvalue weighted by Gasteiger charge is -2.21. The summed E-state index contributed by atoms with van der Waals surface area (Å²) >= 11 is 0. The van der Waals surface area contributed by atoms with Crippen molar-refractivity contribution in [3.63, 3.8) is 0 Å². The van der Waals surface area contributed by atoms with Crippen molar-refractivity contribution in [1.29, 1.82) is 0 Å². The van der Waals surface area contributed by atoms with E-state index in [0.717, 1.165) is 12.1 Å². The second kappa shape index (κ2) is 5.99. The molecule has 0 unspecified atom stereocenters. The third-order valence-corrected chi connectivity index (χ3v) is 3.07. The average Bonchev–Trinajstić information content (AvgIpc) is 2.48. The smallest absolute Gasteiger partial charge is 0.309 e. The van der Waals surface area contributed by atoms with Gasteiger partial charge in [0, 0.05) is 17.8 Å². The molecule has 0 fully saturated rings. The minimum atomic E-state index is -4.46. The number of para-hydroxylation sites is 1. The van der Waals surface area contributed by atoms with Crippen molar-refractivity contribution in [3.05, 3.63) is 65.7 Å². The fraction of sp³-hybridized carbons (Fsp3) is 0.188. The zero-order chi connectivity index (χ0) is 15.5. The van der Waals surface area contributed by atoms with Crippen molar-refractivity contribution >= 4 is 11.6 Å². The number of anilines is 1. The molecule has 0 aliphatic rings. The Labute approximate surface area is 120 Å². The van der Waals surface area contributed by atoms with E-state index in [0.29, 0.717) is 12.2 Å². The Morgan fingerprint density at radius 3 is 2.29 bits per heavy atom. The van der Waals surface area contributed by atoms with E-state index in [9.17, 15) is 18.0 Å². The third-order valence-electron chi connectivity index (χ3n) is 3.07. The summed E-state index contributed by atoms with van der Waals surface area (Å²) in [5.41, 5.74) is -0.143. The second-order valence-electron chi connectivity index (χ2n) is 4.46. The predicted octanol–water partition coefficient (Wildman–Crippen LogP) is 4.37. The Bertz CT molecular complexity index is 623. The van der Waals surface area contributed by atoms with Gasteiger partial charge in [0.1, 0.15) is 0 Å². The number of benzene rings is 2. The molecular formula is C16H14F3NO. The van der Waals surface area contributed by atoms with Gasteiger partial charge in [0.25, 0.3) is 5.91 Å². The molecule has 1 amide bonds. The Hall–Kier alpha value is -2.30. The highest BCUT2D eigenvalue weighted by molar-refractivity contribution is 6.06. The van der Waals surface area contributed by atoms with Gasteiger partial charge < -0.3 is 4.90 Å². The molecule has 0 saturated carbocycles. The molecule has 21 heavy (non-hydrogen) atoms. The van der Waals surface area contributed by atoms with Crippen LogP contribution in [-0.4, -0.2) is 12.5 Å². The number of nitrogens with zero attached hydrogens (tertiary/aromatic N) is 1. The van der Waals surface area contributed by atoms with Crippen LogP contribution in [0.1, 0.15) is 22.8 Å². The average molecular weight is 293 g/mol. The lowest BCUT2D eigenvalue weighted by Crippen LogP contribution is -2.30. The van der Waals surface area contributed by atoms with E-state index in [1.54, 1.807) is 31.2 Å². The molecule has 0 atom stereocenters. The molecule has 0 aliphatic heterocycles. The maximum Gasteiger partial charge on any atom is 0.416 e. The fourth-order valence-corrected chi connectivity index (χ4v) is 2.04. The Balaban J connectivity index is 2.35. The van der Waals surface area contributed by atoms with Crippen molar-refractivity contribution in [2.45, 2.75) is 13.1 Å². The van der Waals surface area contributed by atoms with Gasteiger partial charge in [-0.3, -0.25) is 4.79 Å². The first-order valence-electron chi connectivity index (χ1n) is 6.47. The second-order valence-corrected chi connectivity index (χ2v) is 4.46. The van der Waals surface area contributed by atoms with Gasteiger partial charge in [0.05, 0.1) is 5.56 Å². The molecule has 2 aromatic carbocycles. The molecule has 2 nitrogen and oxygen atoms in total. The largest absolute Gasteiger partial charge is 0.416 e. The molecule has 0 heterocycles. The molecule has 0 bridgehead atoms. The van der Waals surface area contributed by atoms with Crippen LogP contribution < -0.4 is 4.90 Å². The quantitative estimate of drug-likeness (QED) is 0.822. The van der Waals surface area contributed by atoms with E-state index < -0.39 is 17.6 Å². The van der Waals surface area contributed by atoms with E-state index in [4.69, 9.17) is 0 Å². The molecule has 0 spiro atoms. The number of amides is 1. The molecule has 2 aromatic rings. The van der Waals surface area contributed by atoms with Crippen LogP contribution in [0.2, 0.25) is 0 Å². The molecule has 0 aromatic heterocycles. The van der Waals surface area contributed by atoms with Crippen LogP contribution >= 0.6 is 0 Å². The summed E-state index contributed by atoms with van der Waals surface area (Å²) in [6.45, 7) is 2.15. The summed E-state index contributed by atoms with van der Waals surface area (Å²) in [6, 6.07) is 13.3. The summed E-state index contributed by atoms with van der Waals surface area (Å²) in [5, 5.41) is 0. The number of hydrogen-bond acceptors (Lipinski definition) is 1. The first-order chi connectivity index (χ1) is 9.93. The zero-order valence-electron chi connectivity index (χ0n) is 11.4. The van der Waals surface area contributed by atoms with Gasteiger partial charge in [0.15, 0.2) is 0 Å². The van der Waals surface area contributed by atoms with Crippen LogP contribution in [0.15, 0.2) is 54.6 Å². The van der Waals surface area contributed by atoms with Crippen molar-refractivity contribution in [2.75, 3.05) is 11.4 Å². The van der Waals surface area contributed by atoms with Crippen LogP contribution in [0.5, 0.6) is 0 Å². The standard InChI is InChI=1S/C16H14F3NO/c1-2-20(14-9-4-3-5-10-14)15(21)12-7-6-8-13(11-12)16(17,18)19/h3-11H,2H2,1H3. The highest BCUT2D eigenvalue weighted by atomic mass is 19.4. The van der Waals surface area contributed by atoms with Crippen LogP contribution in [0.4, 0.5) is 18.9 Å². The van der Waals surface area contributed by atoms with Crippen molar-refractivity contribution in [1.82, 2.24) is 0 Å². The minimum absolute atomic E-state index is 0.0236. The number of hydrogen-bond donors (Lipinski definition) is 0. The zero-order valence-corrected chi connectivity index (χ0v) is 11.4. The summed E-state index contributed by atoms with van der Waals surface area (Å²) < 4.78 is 38.1. The molecule has 2 rings (SSSR count). The van der Waals surface area contributed by atoms with Gasteiger partial charge in [-0.2, -0.15) is 13.2 Å². The van der Waals surface area contributed by atoms with E-state index in [-0.39, 0.29) is 5.56 Å². The van der Waals surface area contributed by atoms with Gasteiger partial charge in [0.2, 0.25) is 0 Å². The van der Waals surface area contributed by atoms with Crippen molar-refractivity contribution < 1.29 is 18.0 Å². The van der Waals surface area contributed by atoms with Crippen LogP contribution in [-0.2, 0) is 6.18 Å². The van der Waals surface area contributed by atoms with Gasteiger partial charge >= 0.3 is 6.18 Å². The molecule has 0 radical (unpaired) electrons. The number of carbonyl (C=O) groups excluding carboxylic acids is 1. The van der Waals surface area contributed by atoms with E-state index in [1.165, 1.54) is 17.0 Å². The number of carbonyl (C=O) groups is 1. The lowest BCUT2D eigenvalue weighted by molar-refractivity contribution is -0.137.